The smallest absolute Gasteiger partial charge is 0.407 e. The number of carbonyl (C=O) groups is 2. The number of alkyl halides is 2. The standard InChI is InChI=1S/C21H31F2N5O4.C2H6/c1-21(2,3)32-20(30)24-7-11-31-16-6-10-28(18(16)29)15-4-8-27(9-5-15)19-25-12-14(13-26-19)17(22)23;1-2/h12-13,15-17H,4-11H2,1-3H3,(H,24,30);1-2H3. The van der Waals surface area contributed by atoms with Crippen molar-refractivity contribution in [3.63, 3.8) is 0 Å². The first-order chi connectivity index (χ1) is 16.1. The minimum Gasteiger partial charge on any atom is -0.444 e. The van der Waals surface area contributed by atoms with Crippen LogP contribution in [0.1, 0.15) is 65.9 Å². The summed E-state index contributed by atoms with van der Waals surface area (Å²) in [5, 5.41) is 2.61. The van der Waals surface area contributed by atoms with Gasteiger partial charge in [-0.3, -0.25) is 4.79 Å². The van der Waals surface area contributed by atoms with Gasteiger partial charge in [-0.25, -0.2) is 23.5 Å². The molecule has 1 N–H and O–H groups in total. The number of piperidine rings is 1. The highest BCUT2D eigenvalue weighted by molar-refractivity contribution is 5.83. The Kier molecular flexibility index (Phi) is 10.4. The summed E-state index contributed by atoms with van der Waals surface area (Å²) in [5.74, 6) is 0.401. The quantitative estimate of drug-likeness (QED) is 0.590. The molecule has 2 aliphatic rings. The van der Waals surface area contributed by atoms with Gasteiger partial charge in [-0.2, -0.15) is 0 Å². The predicted octanol–water partition coefficient (Wildman–Crippen LogP) is 3.55. The molecule has 0 bridgehead atoms. The van der Waals surface area contributed by atoms with Gasteiger partial charge in [0.1, 0.15) is 11.7 Å². The van der Waals surface area contributed by atoms with Crippen molar-refractivity contribution in [3.8, 4) is 0 Å². The minimum atomic E-state index is -2.58. The minimum absolute atomic E-state index is 0.0294. The number of alkyl carbamates (subject to hydrolysis) is 1. The number of rotatable bonds is 7. The van der Waals surface area contributed by atoms with Crippen molar-refractivity contribution < 1.29 is 27.8 Å². The third-order valence-electron chi connectivity index (χ3n) is 5.38. The molecule has 2 amide bonds. The zero-order valence-electron chi connectivity index (χ0n) is 20.7. The van der Waals surface area contributed by atoms with Crippen LogP contribution in [0, 0.1) is 0 Å². The Morgan fingerprint density at radius 3 is 2.32 bits per heavy atom. The molecule has 1 unspecified atom stereocenters. The summed E-state index contributed by atoms with van der Waals surface area (Å²) in [4.78, 5) is 36.3. The summed E-state index contributed by atoms with van der Waals surface area (Å²) in [6.07, 6.45) is 0.824. The summed E-state index contributed by atoms with van der Waals surface area (Å²) in [6, 6.07) is 0.104. The van der Waals surface area contributed by atoms with Gasteiger partial charge in [0.2, 0.25) is 5.95 Å². The second kappa shape index (κ2) is 12.8. The van der Waals surface area contributed by atoms with Crippen LogP contribution in [0.5, 0.6) is 0 Å². The van der Waals surface area contributed by atoms with Crippen LogP contribution in [-0.4, -0.2) is 77.4 Å². The molecule has 34 heavy (non-hydrogen) atoms. The number of hydrogen-bond acceptors (Lipinski definition) is 7. The summed E-state index contributed by atoms with van der Waals surface area (Å²) < 4.78 is 36.2. The lowest BCUT2D eigenvalue weighted by Gasteiger charge is -2.36. The third kappa shape index (κ3) is 8.03. The summed E-state index contributed by atoms with van der Waals surface area (Å²) >= 11 is 0. The zero-order valence-corrected chi connectivity index (χ0v) is 20.7. The average Bonchev–Trinajstić information content (AvgIpc) is 3.17. The van der Waals surface area contributed by atoms with Crippen molar-refractivity contribution in [1.29, 1.82) is 0 Å². The topological polar surface area (TPSA) is 96.9 Å². The van der Waals surface area contributed by atoms with Crippen LogP contribution >= 0.6 is 0 Å². The highest BCUT2D eigenvalue weighted by atomic mass is 19.3. The van der Waals surface area contributed by atoms with Crippen LogP contribution in [0.3, 0.4) is 0 Å². The predicted molar refractivity (Wildman–Crippen MR) is 124 cm³/mol. The Balaban J connectivity index is 0.00000199. The molecule has 9 nitrogen and oxygen atoms in total. The van der Waals surface area contributed by atoms with Crippen molar-refractivity contribution in [2.45, 2.75) is 78.1 Å². The molecule has 0 aromatic carbocycles. The molecule has 1 aromatic heterocycles. The highest BCUT2D eigenvalue weighted by Gasteiger charge is 2.38. The third-order valence-corrected chi connectivity index (χ3v) is 5.38. The molecule has 2 saturated heterocycles. The first kappa shape index (κ1) is 27.7. The van der Waals surface area contributed by atoms with E-state index in [1.54, 1.807) is 20.8 Å². The molecule has 0 aliphatic carbocycles. The van der Waals surface area contributed by atoms with E-state index in [9.17, 15) is 18.4 Å². The maximum atomic E-state index is 12.8. The van der Waals surface area contributed by atoms with E-state index in [0.29, 0.717) is 32.0 Å². The van der Waals surface area contributed by atoms with E-state index >= 15 is 0 Å². The van der Waals surface area contributed by atoms with Crippen LogP contribution in [0.15, 0.2) is 12.4 Å². The molecule has 0 spiro atoms. The van der Waals surface area contributed by atoms with Gasteiger partial charge in [-0.1, -0.05) is 13.8 Å². The molecule has 0 radical (unpaired) electrons. The first-order valence-corrected chi connectivity index (χ1v) is 11.9. The van der Waals surface area contributed by atoms with Crippen LogP contribution in [0.25, 0.3) is 0 Å². The maximum absolute atomic E-state index is 12.8. The molecule has 2 fully saturated rings. The van der Waals surface area contributed by atoms with Crippen LogP contribution in [0.4, 0.5) is 19.5 Å². The number of carbonyl (C=O) groups excluding carboxylic acids is 2. The van der Waals surface area contributed by atoms with E-state index in [1.807, 2.05) is 23.6 Å². The number of nitrogens with zero attached hydrogens (tertiary/aromatic N) is 4. The molecular formula is C23H37F2N5O4. The van der Waals surface area contributed by atoms with E-state index in [0.717, 1.165) is 25.2 Å². The second-order valence-electron chi connectivity index (χ2n) is 8.94. The summed E-state index contributed by atoms with van der Waals surface area (Å²) in [7, 11) is 0. The molecule has 2 aliphatic heterocycles. The summed E-state index contributed by atoms with van der Waals surface area (Å²) in [5.41, 5.74) is -0.761. The van der Waals surface area contributed by atoms with E-state index in [2.05, 4.69) is 15.3 Å². The number of anilines is 1. The van der Waals surface area contributed by atoms with Crippen molar-refractivity contribution >= 4 is 17.9 Å². The van der Waals surface area contributed by atoms with Gasteiger partial charge in [0.15, 0.2) is 0 Å². The second-order valence-corrected chi connectivity index (χ2v) is 8.94. The van der Waals surface area contributed by atoms with Gasteiger partial charge in [-0.05, 0) is 33.6 Å². The van der Waals surface area contributed by atoms with Gasteiger partial charge in [-0.15, -0.1) is 0 Å². The molecule has 11 heteroatoms. The van der Waals surface area contributed by atoms with E-state index in [1.165, 1.54) is 0 Å². The largest absolute Gasteiger partial charge is 0.444 e. The SMILES string of the molecule is CC.CC(C)(C)OC(=O)NCCOC1CCN(C2CCN(c3ncc(C(F)F)cn3)CC2)C1=O. The number of aromatic nitrogens is 2. The Morgan fingerprint density at radius 1 is 1.15 bits per heavy atom. The Labute approximate surface area is 200 Å². The Hall–Kier alpha value is -2.56. The number of likely N-dealkylation sites (tertiary alicyclic amines) is 1. The van der Waals surface area contributed by atoms with Gasteiger partial charge < -0.3 is 24.6 Å². The Bertz CT molecular complexity index is 781. The van der Waals surface area contributed by atoms with E-state index in [-0.39, 0.29) is 30.7 Å². The molecule has 0 saturated carbocycles. The average molecular weight is 486 g/mol. The van der Waals surface area contributed by atoms with Crippen molar-refractivity contribution in [2.24, 2.45) is 0 Å². The van der Waals surface area contributed by atoms with Crippen LogP contribution < -0.4 is 10.2 Å². The number of nitrogens with one attached hydrogen (secondary N) is 1. The number of amides is 2. The van der Waals surface area contributed by atoms with Gasteiger partial charge in [0.05, 0.1) is 12.2 Å². The maximum Gasteiger partial charge on any atom is 0.407 e. The van der Waals surface area contributed by atoms with Crippen molar-refractivity contribution in [1.82, 2.24) is 20.2 Å². The number of ether oxygens (including phenoxy) is 2. The van der Waals surface area contributed by atoms with E-state index in [4.69, 9.17) is 9.47 Å². The van der Waals surface area contributed by atoms with Gasteiger partial charge in [0.25, 0.3) is 12.3 Å². The lowest BCUT2D eigenvalue weighted by Crippen LogP contribution is -2.47. The van der Waals surface area contributed by atoms with E-state index < -0.39 is 24.2 Å². The van der Waals surface area contributed by atoms with Gasteiger partial charge in [0, 0.05) is 51.0 Å². The molecule has 1 atom stereocenters. The first-order valence-electron chi connectivity index (χ1n) is 11.9. The molecule has 192 valence electrons. The molecule has 1 aromatic rings. The van der Waals surface area contributed by atoms with Gasteiger partial charge >= 0.3 is 6.09 Å². The fourth-order valence-electron chi connectivity index (χ4n) is 3.85. The van der Waals surface area contributed by atoms with Crippen molar-refractivity contribution in [3.05, 3.63) is 18.0 Å². The normalized spacial score (nSPS) is 19.2. The lowest BCUT2D eigenvalue weighted by atomic mass is 10.0. The zero-order chi connectivity index (χ0) is 25.3. The van der Waals surface area contributed by atoms with Crippen molar-refractivity contribution in [2.75, 3.05) is 37.7 Å². The lowest BCUT2D eigenvalue weighted by molar-refractivity contribution is -0.139. The fraction of sp³-hybridized carbons (Fsp3) is 0.739. The number of halogens is 2. The van der Waals surface area contributed by atoms with Crippen LogP contribution in [0.2, 0.25) is 0 Å². The molecular weight excluding hydrogens is 448 g/mol. The number of hydrogen-bond donors (Lipinski definition) is 1. The Morgan fingerprint density at radius 2 is 1.76 bits per heavy atom. The molecule has 3 rings (SSSR count). The fourth-order valence-corrected chi connectivity index (χ4v) is 3.85. The summed E-state index contributed by atoms with van der Waals surface area (Å²) in [6.45, 7) is 11.8. The monoisotopic (exact) mass is 485 g/mol. The molecule has 3 heterocycles. The highest BCUT2D eigenvalue weighted by Crippen LogP contribution is 2.26. The van der Waals surface area contributed by atoms with Crippen LogP contribution in [-0.2, 0) is 14.3 Å².